The van der Waals surface area contributed by atoms with Gasteiger partial charge in [-0.2, -0.15) is 0 Å². The van der Waals surface area contributed by atoms with Crippen LogP contribution in [0.15, 0.2) is 6.33 Å². The highest BCUT2D eigenvalue weighted by Crippen LogP contribution is 2.36. The molecular formula is C11H15N3O3. The minimum atomic E-state index is -1.18. The van der Waals surface area contributed by atoms with Gasteiger partial charge in [-0.1, -0.05) is 6.92 Å². The molecule has 1 fully saturated rings. The van der Waals surface area contributed by atoms with Crippen molar-refractivity contribution in [1.82, 2.24) is 15.3 Å². The quantitative estimate of drug-likeness (QED) is 0.708. The van der Waals surface area contributed by atoms with Gasteiger partial charge in [0.05, 0.1) is 6.33 Å². The zero-order valence-electron chi connectivity index (χ0n) is 9.56. The zero-order chi connectivity index (χ0) is 12.4. The molecule has 0 aliphatic heterocycles. The first-order valence-corrected chi connectivity index (χ1v) is 5.64. The van der Waals surface area contributed by atoms with Gasteiger partial charge < -0.3 is 15.4 Å². The van der Waals surface area contributed by atoms with E-state index in [1.54, 1.807) is 0 Å². The number of nitrogens with zero attached hydrogens (tertiary/aromatic N) is 1. The van der Waals surface area contributed by atoms with Crippen molar-refractivity contribution in [1.29, 1.82) is 0 Å². The lowest BCUT2D eigenvalue weighted by Gasteiger charge is -2.10. The average Bonchev–Trinajstić information content (AvgIpc) is 3.02. The van der Waals surface area contributed by atoms with E-state index in [2.05, 4.69) is 22.2 Å². The van der Waals surface area contributed by atoms with Gasteiger partial charge in [-0.15, -0.1) is 0 Å². The Balaban J connectivity index is 1.94. The Kier molecular flexibility index (Phi) is 3.12. The monoisotopic (exact) mass is 237 g/mol. The van der Waals surface area contributed by atoms with E-state index in [0.29, 0.717) is 18.4 Å². The minimum Gasteiger partial charge on any atom is -0.477 e. The third-order valence-corrected chi connectivity index (χ3v) is 3.08. The highest BCUT2D eigenvalue weighted by molar-refractivity contribution is 6.02. The van der Waals surface area contributed by atoms with Crippen molar-refractivity contribution in [2.75, 3.05) is 6.54 Å². The van der Waals surface area contributed by atoms with Gasteiger partial charge in [-0.3, -0.25) is 4.79 Å². The maximum absolute atomic E-state index is 11.7. The van der Waals surface area contributed by atoms with Gasteiger partial charge in [0.25, 0.3) is 5.91 Å². The topological polar surface area (TPSA) is 95.1 Å². The molecule has 0 bridgehead atoms. The molecule has 0 saturated heterocycles. The molecule has 1 aliphatic rings. The van der Waals surface area contributed by atoms with Crippen LogP contribution >= 0.6 is 0 Å². The van der Waals surface area contributed by atoms with Crippen molar-refractivity contribution in [2.24, 2.45) is 11.8 Å². The number of aromatic amines is 1. The highest BCUT2D eigenvalue weighted by atomic mass is 16.4. The summed E-state index contributed by atoms with van der Waals surface area (Å²) >= 11 is 0. The van der Waals surface area contributed by atoms with Crippen molar-refractivity contribution in [3.05, 3.63) is 17.7 Å². The van der Waals surface area contributed by atoms with Crippen molar-refractivity contribution in [2.45, 2.75) is 19.8 Å². The number of carboxylic acids is 1. The zero-order valence-corrected chi connectivity index (χ0v) is 9.56. The van der Waals surface area contributed by atoms with E-state index < -0.39 is 11.9 Å². The average molecular weight is 237 g/mol. The van der Waals surface area contributed by atoms with Crippen LogP contribution in [0.4, 0.5) is 0 Å². The Bertz CT molecular complexity index is 437. The van der Waals surface area contributed by atoms with Gasteiger partial charge in [-0.05, 0) is 24.7 Å². The maximum atomic E-state index is 11.7. The van der Waals surface area contributed by atoms with Crippen LogP contribution in [0.2, 0.25) is 0 Å². The van der Waals surface area contributed by atoms with E-state index in [1.165, 1.54) is 19.2 Å². The molecule has 92 valence electrons. The molecule has 1 aromatic heterocycles. The van der Waals surface area contributed by atoms with Crippen molar-refractivity contribution in [3.63, 3.8) is 0 Å². The highest BCUT2D eigenvalue weighted by Gasteiger charge is 2.28. The van der Waals surface area contributed by atoms with E-state index in [-0.39, 0.29) is 11.4 Å². The second-order valence-electron chi connectivity index (χ2n) is 4.46. The largest absolute Gasteiger partial charge is 0.477 e. The summed E-state index contributed by atoms with van der Waals surface area (Å²) in [7, 11) is 0. The Morgan fingerprint density at radius 1 is 1.65 bits per heavy atom. The van der Waals surface area contributed by atoms with E-state index in [4.69, 9.17) is 5.11 Å². The predicted molar refractivity (Wildman–Crippen MR) is 59.8 cm³/mol. The number of hydrogen-bond acceptors (Lipinski definition) is 3. The molecule has 17 heavy (non-hydrogen) atoms. The fourth-order valence-electron chi connectivity index (χ4n) is 1.80. The molecule has 6 nitrogen and oxygen atoms in total. The lowest BCUT2D eigenvalue weighted by atomic mass is 10.1. The van der Waals surface area contributed by atoms with Gasteiger partial charge in [0.1, 0.15) is 0 Å². The minimum absolute atomic E-state index is 0.0551. The number of hydrogen-bond donors (Lipinski definition) is 3. The van der Waals surface area contributed by atoms with Gasteiger partial charge in [0.15, 0.2) is 11.4 Å². The third kappa shape index (κ3) is 2.64. The lowest BCUT2D eigenvalue weighted by Crippen LogP contribution is -2.30. The van der Waals surface area contributed by atoms with Gasteiger partial charge in [0, 0.05) is 6.54 Å². The molecule has 0 aromatic carbocycles. The number of aromatic carboxylic acids is 1. The molecule has 1 unspecified atom stereocenters. The first-order valence-electron chi connectivity index (χ1n) is 5.64. The fraction of sp³-hybridized carbons (Fsp3) is 0.545. The normalized spacial score (nSPS) is 16.5. The number of nitrogens with one attached hydrogen (secondary N) is 2. The fourth-order valence-corrected chi connectivity index (χ4v) is 1.80. The maximum Gasteiger partial charge on any atom is 0.354 e. The number of carbonyl (C=O) groups excluding carboxylic acids is 1. The number of amides is 1. The second-order valence-corrected chi connectivity index (χ2v) is 4.46. The van der Waals surface area contributed by atoms with E-state index >= 15 is 0 Å². The van der Waals surface area contributed by atoms with Crippen LogP contribution in [0.1, 0.15) is 40.7 Å². The molecule has 1 aromatic rings. The van der Waals surface area contributed by atoms with Crippen LogP contribution in [-0.2, 0) is 0 Å². The molecule has 1 amide bonds. The second kappa shape index (κ2) is 4.57. The van der Waals surface area contributed by atoms with Crippen LogP contribution in [0, 0.1) is 11.8 Å². The summed E-state index contributed by atoms with van der Waals surface area (Å²) in [6, 6.07) is 0. The van der Waals surface area contributed by atoms with Crippen LogP contribution in [-0.4, -0.2) is 33.5 Å². The molecule has 1 atom stereocenters. The number of imidazole rings is 1. The smallest absolute Gasteiger partial charge is 0.354 e. The Labute approximate surface area is 98.4 Å². The number of carbonyl (C=O) groups is 2. The molecule has 3 N–H and O–H groups in total. The molecule has 0 spiro atoms. The molecule has 1 heterocycles. The van der Waals surface area contributed by atoms with Crippen LogP contribution in [0.5, 0.6) is 0 Å². The first kappa shape index (κ1) is 11.6. The predicted octanol–water partition coefficient (Wildman–Crippen LogP) is 0.884. The third-order valence-electron chi connectivity index (χ3n) is 3.08. The van der Waals surface area contributed by atoms with E-state index in [1.807, 2.05) is 0 Å². The van der Waals surface area contributed by atoms with Crippen LogP contribution in [0.3, 0.4) is 0 Å². The van der Waals surface area contributed by atoms with Crippen LogP contribution in [0.25, 0.3) is 0 Å². The van der Waals surface area contributed by atoms with Gasteiger partial charge in [0.2, 0.25) is 0 Å². The van der Waals surface area contributed by atoms with E-state index in [9.17, 15) is 9.59 Å². The molecule has 2 rings (SSSR count). The van der Waals surface area contributed by atoms with Gasteiger partial charge >= 0.3 is 5.97 Å². The van der Waals surface area contributed by atoms with Crippen molar-refractivity contribution in [3.8, 4) is 0 Å². The summed E-state index contributed by atoms with van der Waals surface area (Å²) in [6.45, 7) is 2.65. The summed E-state index contributed by atoms with van der Waals surface area (Å²) in [5.41, 5.74) is -0.220. The van der Waals surface area contributed by atoms with Crippen LogP contribution < -0.4 is 5.32 Å². The standard InChI is InChI=1S/C11H15N3O3/c1-6(7-2-3-7)4-12-10(15)8-9(11(16)17)14-5-13-8/h5-7H,2-4H2,1H3,(H,12,15)(H,13,14)(H,16,17). The van der Waals surface area contributed by atoms with E-state index in [0.717, 1.165) is 0 Å². The number of rotatable bonds is 5. The summed E-state index contributed by atoms with van der Waals surface area (Å²) in [4.78, 5) is 28.7. The molecule has 6 heteroatoms. The number of carboxylic acid groups (broad SMARTS) is 1. The Morgan fingerprint density at radius 3 is 2.94 bits per heavy atom. The Hall–Kier alpha value is -1.85. The molecule has 0 radical (unpaired) electrons. The number of H-pyrrole nitrogens is 1. The number of aromatic nitrogens is 2. The molecular weight excluding hydrogens is 222 g/mol. The SMILES string of the molecule is CC(CNC(=O)c1nc[nH]c1C(=O)O)C1CC1. The Morgan fingerprint density at radius 2 is 2.35 bits per heavy atom. The summed E-state index contributed by atoms with van der Waals surface area (Å²) in [5, 5.41) is 11.5. The van der Waals surface area contributed by atoms with Crippen molar-refractivity contribution < 1.29 is 14.7 Å². The van der Waals surface area contributed by atoms with Crippen molar-refractivity contribution >= 4 is 11.9 Å². The lowest BCUT2D eigenvalue weighted by molar-refractivity contribution is 0.0685. The van der Waals surface area contributed by atoms with Gasteiger partial charge in [-0.25, -0.2) is 9.78 Å². The summed E-state index contributed by atoms with van der Waals surface area (Å²) in [6.07, 6.45) is 3.66. The summed E-state index contributed by atoms with van der Waals surface area (Å²) in [5.74, 6) is -0.473. The first-order chi connectivity index (χ1) is 8.09. The summed E-state index contributed by atoms with van der Waals surface area (Å²) < 4.78 is 0. The molecule has 1 saturated carbocycles. The molecule has 1 aliphatic carbocycles.